The summed E-state index contributed by atoms with van der Waals surface area (Å²) in [7, 11) is -7.09. The number of benzene rings is 2. The summed E-state index contributed by atoms with van der Waals surface area (Å²) in [4.78, 5) is 31.9. The quantitative estimate of drug-likeness (QED) is 0.147. The summed E-state index contributed by atoms with van der Waals surface area (Å²) in [6.45, 7) is 10.2. The Labute approximate surface area is 242 Å². The van der Waals surface area contributed by atoms with Gasteiger partial charge in [0.05, 0.1) is 19.8 Å². The second-order valence-corrected chi connectivity index (χ2v) is 14.7. The van der Waals surface area contributed by atoms with E-state index in [1.54, 1.807) is 25.8 Å². The first-order valence-electron chi connectivity index (χ1n) is 13.4. The molecule has 0 spiro atoms. The van der Waals surface area contributed by atoms with Crippen LogP contribution in [0.2, 0.25) is 0 Å². The van der Waals surface area contributed by atoms with Gasteiger partial charge in [-0.1, -0.05) is 62.2 Å². The molecule has 0 fully saturated rings. The highest BCUT2D eigenvalue weighted by Gasteiger charge is 2.38. The highest BCUT2D eigenvalue weighted by Crippen LogP contribution is 2.47. The molecule has 0 saturated heterocycles. The van der Waals surface area contributed by atoms with E-state index in [0.717, 1.165) is 46.6 Å². The lowest BCUT2D eigenvalue weighted by Gasteiger charge is -2.37. The van der Waals surface area contributed by atoms with Gasteiger partial charge in [-0.15, -0.1) is 11.8 Å². The number of ether oxygens (including phenoxy) is 1. The molecule has 40 heavy (non-hydrogen) atoms. The SMILES string of the molecule is C=C(C)[C@@]1(CCCC)CSc2cc(CN(CP(=O)(O)O)CP(=O)(O)OCC)c(OC)cc2[C@@H](c2ccccc2)N1. The smallest absolute Gasteiger partial charge is 0.342 e. The van der Waals surface area contributed by atoms with Crippen molar-refractivity contribution in [1.29, 1.82) is 0 Å². The van der Waals surface area contributed by atoms with Gasteiger partial charge >= 0.3 is 15.2 Å². The minimum absolute atomic E-state index is 0.00666. The second kappa shape index (κ2) is 14.1. The number of hydrogen-bond donors (Lipinski definition) is 4. The van der Waals surface area contributed by atoms with Gasteiger partial charge < -0.3 is 23.9 Å². The molecule has 1 aliphatic heterocycles. The third-order valence-corrected chi connectivity index (χ3v) is 10.5. The summed E-state index contributed by atoms with van der Waals surface area (Å²) >= 11 is 1.71. The molecule has 12 heteroatoms. The molecule has 222 valence electrons. The van der Waals surface area contributed by atoms with E-state index in [1.165, 1.54) is 4.90 Å². The summed E-state index contributed by atoms with van der Waals surface area (Å²) in [6.07, 6.45) is 1.83. The lowest BCUT2D eigenvalue weighted by molar-refractivity contribution is 0.234. The van der Waals surface area contributed by atoms with Crippen molar-refractivity contribution >= 4 is 27.0 Å². The molecule has 9 nitrogen and oxygen atoms in total. The Balaban J connectivity index is 2.10. The molecule has 0 saturated carbocycles. The van der Waals surface area contributed by atoms with E-state index in [4.69, 9.17) is 9.26 Å². The van der Waals surface area contributed by atoms with Crippen LogP contribution in [0.25, 0.3) is 0 Å². The number of hydrogen-bond acceptors (Lipinski definition) is 7. The summed E-state index contributed by atoms with van der Waals surface area (Å²) in [6, 6.07) is 14.0. The van der Waals surface area contributed by atoms with Crippen LogP contribution in [0.5, 0.6) is 5.75 Å². The van der Waals surface area contributed by atoms with E-state index in [-0.39, 0.29) is 24.7 Å². The van der Waals surface area contributed by atoms with Gasteiger partial charge in [0.1, 0.15) is 18.3 Å². The fourth-order valence-corrected chi connectivity index (χ4v) is 8.53. The van der Waals surface area contributed by atoms with Crippen LogP contribution in [0, 0.1) is 0 Å². The van der Waals surface area contributed by atoms with Crippen LogP contribution in [0.3, 0.4) is 0 Å². The van der Waals surface area contributed by atoms with Crippen molar-refractivity contribution in [2.45, 2.75) is 63.1 Å². The summed E-state index contributed by atoms with van der Waals surface area (Å²) in [5.74, 6) is 1.28. The molecule has 4 N–H and O–H groups in total. The maximum atomic E-state index is 12.5. The number of methoxy groups -OCH3 is 1. The zero-order valence-corrected chi connectivity index (χ0v) is 26.3. The molecule has 1 aliphatic rings. The van der Waals surface area contributed by atoms with Crippen molar-refractivity contribution in [3.63, 3.8) is 0 Å². The minimum atomic E-state index is -4.53. The number of rotatable bonds is 14. The molecule has 2 aromatic carbocycles. The maximum Gasteiger partial charge on any atom is 0.342 e. The first-order valence-corrected chi connectivity index (χ1v) is 17.9. The summed E-state index contributed by atoms with van der Waals surface area (Å²) < 4.78 is 35.2. The Morgan fingerprint density at radius 2 is 1.88 bits per heavy atom. The van der Waals surface area contributed by atoms with Gasteiger partial charge in [0.2, 0.25) is 0 Å². The zero-order valence-electron chi connectivity index (χ0n) is 23.7. The number of thioether (sulfide) groups is 1. The Morgan fingerprint density at radius 1 is 1.18 bits per heavy atom. The van der Waals surface area contributed by atoms with Crippen LogP contribution in [0.4, 0.5) is 0 Å². The highest BCUT2D eigenvalue weighted by molar-refractivity contribution is 7.99. The fourth-order valence-electron chi connectivity index (χ4n) is 5.01. The van der Waals surface area contributed by atoms with Crippen LogP contribution < -0.4 is 10.1 Å². The lowest BCUT2D eigenvalue weighted by atomic mass is 9.85. The Morgan fingerprint density at radius 3 is 2.45 bits per heavy atom. The van der Waals surface area contributed by atoms with Gasteiger partial charge in [-0.2, -0.15) is 0 Å². The van der Waals surface area contributed by atoms with Crippen molar-refractivity contribution in [2.75, 3.05) is 32.0 Å². The molecule has 2 aromatic rings. The standard InChI is InChI=1S/C28H42N2O7P2S/c1-6-8-14-28(21(3)4)18-40-26-15-23(17-30(19-38(31,32)33)20-39(34,35)37-7-2)25(36-5)16-24(26)27(29-28)22-12-10-9-11-13-22/h9-13,15-16,27,29H,3,6-8,14,17-20H2,1-2,4-5H3,(H,34,35)(H2,31,32,33)/t27-,28-/m1/s1. The van der Waals surface area contributed by atoms with E-state index in [2.05, 4.69) is 37.9 Å². The second-order valence-electron chi connectivity index (χ2n) is 10.3. The van der Waals surface area contributed by atoms with Crippen LogP contribution in [0.1, 0.15) is 62.8 Å². The lowest BCUT2D eigenvalue weighted by Crippen LogP contribution is -2.49. The highest BCUT2D eigenvalue weighted by atomic mass is 32.2. The monoisotopic (exact) mass is 612 g/mol. The third kappa shape index (κ3) is 8.78. The molecule has 1 unspecified atom stereocenters. The molecular formula is C28H42N2O7P2S. The minimum Gasteiger partial charge on any atom is -0.496 e. The van der Waals surface area contributed by atoms with Crippen LogP contribution >= 0.6 is 27.0 Å². The van der Waals surface area contributed by atoms with Crippen LogP contribution in [0.15, 0.2) is 59.5 Å². The molecule has 0 radical (unpaired) electrons. The molecule has 0 amide bonds. The number of nitrogens with one attached hydrogen (secondary N) is 1. The van der Waals surface area contributed by atoms with Gasteiger partial charge in [-0.3, -0.25) is 19.3 Å². The van der Waals surface area contributed by atoms with Crippen LogP contribution in [-0.4, -0.2) is 57.2 Å². The number of fused-ring (bicyclic) bond motifs is 1. The van der Waals surface area contributed by atoms with E-state index in [9.17, 15) is 23.8 Å². The molecule has 3 atom stereocenters. The maximum absolute atomic E-state index is 12.5. The predicted octanol–water partition coefficient (Wildman–Crippen LogP) is 6.10. The molecule has 3 rings (SSSR count). The molecule has 0 aliphatic carbocycles. The summed E-state index contributed by atoms with van der Waals surface area (Å²) in [5, 5.41) is 3.95. The average molecular weight is 613 g/mol. The third-order valence-electron chi connectivity index (χ3n) is 7.01. The Bertz CT molecular complexity index is 1260. The van der Waals surface area contributed by atoms with Gasteiger partial charge in [-0.05, 0) is 43.5 Å². The van der Waals surface area contributed by atoms with Crippen molar-refractivity contribution in [3.8, 4) is 5.75 Å². The summed E-state index contributed by atoms with van der Waals surface area (Å²) in [5.41, 5.74) is 3.55. The predicted molar refractivity (Wildman–Crippen MR) is 161 cm³/mol. The molecule has 0 bridgehead atoms. The Hall–Kier alpha value is -1.45. The van der Waals surface area contributed by atoms with Gasteiger partial charge in [0.25, 0.3) is 0 Å². The fraction of sp³-hybridized carbons (Fsp3) is 0.500. The van der Waals surface area contributed by atoms with E-state index in [1.807, 2.05) is 30.3 Å². The first-order chi connectivity index (χ1) is 18.8. The molecule has 0 aromatic heterocycles. The van der Waals surface area contributed by atoms with Gasteiger partial charge in [0.15, 0.2) is 0 Å². The molecule has 1 heterocycles. The van der Waals surface area contributed by atoms with E-state index < -0.39 is 27.8 Å². The van der Waals surface area contributed by atoms with Crippen LogP contribution in [-0.2, 0) is 20.2 Å². The van der Waals surface area contributed by atoms with Crippen molar-refractivity contribution in [2.24, 2.45) is 0 Å². The van der Waals surface area contributed by atoms with Crippen molar-refractivity contribution in [1.82, 2.24) is 10.2 Å². The van der Waals surface area contributed by atoms with Gasteiger partial charge in [0, 0.05) is 28.3 Å². The normalized spacial score (nSPS) is 20.9. The zero-order chi connectivity index (χ0) is 29.6. The van der Waals surface area contributed by atoms with Gasteiger partial charge in [-0.25, -0.2) is 0 Å². The first kappa shape index (κ1) is 33.1. The molecular weight excluding hydrogens is 570 g/mol. The number of unbranched alkanes of at least 4 members (excludes halogenated alkanes) is 1. The van der Waals surface area contributed by atoms with E-state index >= 15 is 0 Å². The van der Waals surface area contributed by atoms with Crippen molar-refractivity contribution in [3.05, 3.63) is 71.3 Å². The van der Waals surface area contributed by atoms with E-state index in [0.29, 0.717) is 11.3 Å². The average Bonchev–Trinajstić information content (AvgIpc) is 3.03. The number of nitrogens with zero attached hydrogens (tertiary/aromatic N) is 1. The van der Waals surface area contributed by atoms with Crippen molar-refractivity contribution < 1.29 is 33.1 Å². The Kier molecular flexibility index (Phi) is 11.7. The largest absolute Gasteiger partial charge is 0.496 e. The topological polar surface area (TPSA) is 129 Å².